The number of carbonyl (C=O) groups is 1. The molecule has 0 radical (unpaired) electrons. The second-order valence-electron chi connectivity index (χ2n) is 6.02. The maximum atomic E-state index is 11.4. The van der Waals surface area contributed by atoms with Gasteiger partial charge in [0.05, 0.1) is 7.11 Å². The minimum atomic E-state index is -0.0768. The molecule has 1 aromatic rings. The van der Waals surface area contributed by atoms with Gasteiger partial charge in [0.1, 0.15) is 0 Å². The minimum absolute atomic E-state index is 0. The first-order chi connectivity index (χ1) is 9.58. The number of hydrogen-bond donors (Lipinski definition) is 0. The number of esters is 1. The summed E-state index contributed by atoms with van der Waals surface area (Å²) in [6.07, 6.45) is 4.94. The van der Waals surface area contributed by atoms with Crippen molar-refractivity contribution in [2.24, 2.45) is 5.92 Å². The van der Waals surface area contributed by atoms with Crippen LogP contribution in [0.5, 0.6) is 0 Å². The van der Waals surface area contributed by atoms with Crippen LogP contribution in [0.2, 0.25) is 0 Å². The Morgan fingerprint density at radius 1 is 1.24 bits per heavy atom. The van der Waals surface area contributed by atoms with Crippen LogP contribution in [0, 0.1) is 5.92 Å². The van der Waals surface area contributed by atoms with Crippen LogP contribution in [-0.2, 0) is 15.1 Å². The van der Waals surface area contributed by atoms with Crippen molar-refractivity contribution in [2.45, 2.75) is 37.6 Å². The van der Waals surface area contributed by atoms with Crippen molar-refractivity contribution in [1.82, 2.24) is 4.90 Å². The van der Waals surface area contributed by atoms with E-state index in [1.165, 1.54) is 12.7 Å². The Morgan fingerprint density at radius 2 is 1.81 bits per heavy atom. The summed E-state index contributed by atoms with van der Waals surface area (Å²) in [6.45, 7) is 0. The third-order valence-electron chi connectivity index (χ3n) is 4.78. The highest BCUT2D eigenvalue weighted by molar-refractivity contribution is 5.85. The number of hydrogen-bond acceptors (Lipinski definition) is 3. The summed E-state index contributed by atoms with van der Waals surface area (Å²) in [5, 5.41) is 0. The lowest BCUT2D eigenvalue weighted by atomic mass is 9.71. The zero-order valence-electron chi connectivity index (χ0n) is 13.2. The Bertz CT molecular complexity index is 439. The normalized spacial score (nSPS) is 25.2. The highest BCUT2D eigenvalue weighted by atomic mass is 35.5. The number of rotatable bonds is 4. The predicted octanol–water partition coefficient (Wildman–Crippen LogP) is 3.62. The lowest BCUT2D eigenvalue weighted by Crippen LogP contribution is -2.44. The molecule has 0 saturated heterocycles. The summed E-state index contributed by atoms with van der Waals surface area (Å²) in [6, 6.07) is 10.7. The Morgan fingerprint density at radius 3 is 2.29 bits per heavy atom. The molecule has 21 heavy (non-hydrogen) atoms. The van der Waals surface area contributed by atoms with Gasteiger partial charge in [-0.05, 0) is 51.3 Å². The van der Waals surface area contributed by atoms with Gasteiger partial charge in [-0.2, -0.15) is 0 Å². The summed E-state index contributed by atoms with van der Waals surface area (Å²) in [7, 11) is 5.79. The summed E-state index contributed by atoms with van der Waals surface area (Å²) in [5.41, 5.74) is 1.51. The zero-order valence-corrected chi connectivity index (χ0v) is 14.0. The second kappa shape index (κ2) is 7.81. The molecule has 0 aromatic heterocycles. The lowest BCUT2D eigenvalue weighted by molar-refractivity contribution is -0.142. The monoisotopic (exact) mass is 311 g/mol. The summed E-state index contributed by atoms with van der Waals surface area (Å²) >= 11 is 0. The largest absolute Gasteiger partial charge is 0.469 e. The first-order valence-corrected chi connectivity index (χ1v) is 7.38. The number of benzene rings is 1. The Balaban J connectivity index is 0.00000220. The van der Waals surface area contributed by atoms with Crippen molar-refractivity contribution in [3.63, 3.8) is 0 Å². The third kappa shape index (κ3) is 3.98. The molecule has 2 rings (SSSR count). The highest BCUT2D eigenvalue weighted by Gasteiger charge is 2.38. The van der Waals surface area contributed by atoms with E-state index in [-0.39, 0.29) is 23.9 Å². The average Bonchev–Trinajstić information content (AvgIpc) is 2.48. The van der Waals surface area contributed by atoms with E-state index in [0.717, 1.165) is 25.7 Å². The summed E-state index contributed by atoms with van der Waals surface area (Å²) in [5.74, 6) is 0.395. The van der Waals surface area contributed by atoms with E-state index in [2.05, 4.69) is 49.3 Å². The van der Waals surface area contributed by atoms with E-state index in [0.29, 0.717) is 12.3 Å². The molecule has 3 nitrogen and oxygen atoms in total. The fraction of sp³-hybridized carbons (Fsp3) is 0.588. The number of methoxy groups -OCH3 is 1. The van der Waals surface area contributed by atoms with E-state index in [4.69, 9.17) is 4.74 Å². The molecular weight excluding hydrogens is 286 g/mol. The minimum Gasteiger partial charge on any atom is -0.469 e. The van der Waals surface area contributed by atoms with Gasteiger partial charge >= 0.3 is 5.97 Å². The van der Waals surface area contributed by atoms with Gasteiger partial charge in [0, 0.05) is 12.0 Å². The van der Waals surface area contributed by atoms with Gasteiger partial charge in [0.2, 0.25) is 0 Å². The van der Waals surface area contributed by atoms with Crippen molar-refractivity contribution in [2.75, 3.05) is 21.2 Å². The van der Waals surface area contributed by atoms with Gasteiger partial charge < -0.3 is 4.74 Å². The SMILES string of the molecule is COC(=O)CC1CCC(c2ccccc2)(N(C)C)CC1.Cl. The van der Waals surface area contributed by atoms with Crippen LogP contribution in [0.15, 0.2) is 30.3 Å². The van der Waals surface area contributed by atoms with E-state index in [1.807, 2.05) is 0 Å². The van der Waals surface area contributed by atoms with Gasteiger partial charge in [-0.25, -0.2) is 0 Å². The molecule has 0 bridgehead atoms. The van der Waals surface area contributed by atoms with E-state index >= 15 is 0 Å². The van der Waals surface area contributed by atoms with Crippen LogP contribution in [0.4, 0.5) is 0 Å². The molecular formula is C17H26ClNO2. The standard InChI is InChI=1S/C17H25NO2.ClH/c1-18(2)17(15-7-5-4-6-8-15)11-9-14(10-12-17)13-16(19)20-3;/h4-8,14H,9-13H2,1-3H3;1H. The first-order valence-electron chi connectivity index (χ1n) is 7.38. The predicted molar refractivity (Wildman–Crippen MR) is 87.6 cm³/mol. The molecule has 1 aliphatic carbocycles. The molecule has 0 N–H and O–H groups in total. The molecule has 1 saturated carbocycles. The molecule has 1 aliphatic rings. The van der Waals surface area contributed by atoms with Crippen molar-refractivity contribution in [1.29, 1.82) is 0 Å². The summed E-state index contributed by atoms with van der Waals surface area (Å²) in [4.78, 5) is 13.8. The lowest BCUT2D eigenvalue weighted by Gasteiger charge is -2.45. The van der Waals surface area contributed by atoms with Gasteiger partial charge in [-0.1, -0.05) is 30.3 Å². The van der Waals surface area contributed by atoms with Crippen LogP contribution < -0.4 is 0 Å². The Kier molecular flexibility index (Phi) is 6.69. The van der Waals surface area contributed by atoms with Crippen LogP contribution in [0.25, 0.3) is 0 Å². The van der Waals surface area contributed by atoms with Crippen LogP contribution in [-0.4, -0.2) is 32.1 Å². The Labute approximate surface area is 134 Å². The molecule has 4 heteroatoms. The molecule has 0 amide bonds. The molecule has 1 fully saturated rings. The molecule has 118 valence electrons. The molecule has 1 aromatic carbocycles. The quantitative estimate of drug-likeness (QED) is 0.795. The van der Waals surface area contributed by atoms with Crippen LogP contribution >= 0.6 is 12.4 Å². The fourth-order valence-corrected chi connectivity index (χ4v) is 3.42. The molecule has 0 atom stereocenters. The first kappa shape index (κ1) is 18.0. The number of carbonyl (C=O) groups excluding carboxylic acids is 1. The smallest absolute Gasteiger partial charge is 0.305 e. The van der Waals surface area contributed by atoms with E-state index in [9.17, 15) is 4.79 Å². The highest BCUT2D eigenvalue weighted by Crippen LogP contribution is 2.43. The molecule has 0 heterocycles. The van der Waals surface area contributed by atoms with Gasteiger partial charge in [0.25, 0.3) is 0 Å². The number of ether oxygens (including phenoxy) is 1. The van der Waals surface area contributed by atoms with E-state index in [1.54, 1.807) is 0 Å². The van der Waals surface area contributed by atoms with E-state index < -0.39 is 0 Å². The molecule has 0 aliphatic heterocycles. The number of nitrogens with zero attached hydrogens (tertiary/aromatic N) is 1. The zero-order chi connectivity index (χ0) is 14.6. The topological polar surface area (TPSA) is 29.5 Å². The van der Waals surface area contributed by atoms with Crippen molar-refractivity contribution in [3.05, 3.63) is 35.9 Å². The van der Waals surface area contributed by atoms with Gasteiger partial charge in [-0.3, -0.25) is 9.69 Å². The molecule has 0 unspecified atom stereocenters. The van der Waals surface area contributed by atoms with Crippen molar-refractivity contribution >= 4 is 18.4 Å². The molecule has 0 spiro atoms. The van der Waals surface area contributed by atoms with Crippen LogP contribution in [0.3, 0.4) is 0 Å². The number of halogens is 1. The second-order valence-corrected chi connectivity index (χ2v) is 6.02. The summed E-state index contributed by atoms with van der Waals surface area (Å²) < 4.78 is 4.79. The Hall–Kier alpha value is -1.06. The van der Waals surface area contributed by atoms with Crippen LogP contribution in [0.1, 0.15) is 37.7 Å². The van der Waals surface area contributed by atoms with Crippen molar-refractivity contribution < 1.29 is 9.53 Å². The fourth-order valence-electron chi connectivity index (χ4n) is 3.42. The van der Waals surface area contributed by atoms with Gasteiger partial charge in [-0.15, -0.1) is 12.4 Å². The third-order valence-corrected chi connectivity index (χ3v) is 4.78. The van der Waals surface area contributed by atoms with Crippen molar-refractivity contribution in [3.8, 4) is 0 Å². The average molecular weight is 312 g/mol. The maximum Gasteiger partial charge on any atom is 0.305 e. The maximum absolute atomic E-state index is 11.4. The van der Waals surface area contributed by atoms with Gasteiger partial charge in [0.15, 0.2) is 0 Å².